The van der Waals surface area contributed by atoms with E-state index in [1.54, 1.807) is 42.7 Å². The van der Waals surface area contributed by atoms with E-state index in [0.29, 0.717) is 11.4 Å². The number of carbonyl (C=O) groups is 1. The van der Waals surface area contributed by atoms with Crippen LogP contribution in [0.15, 0.2) is 70.9 Å². The van der Waals surface area contributed by atoms with Crippen LogP contribution in [0.4, 0.5) is 5.69 Å². The molecule has 4 nitrogen and oxygen atoms in total. The number of benzene rings is 1. The summed E-state index contributed by atoms with van der Waals surface area (Å²) in [6.45, 7) is 0. The van der Waals surface area contributed by atoms with Crippen molar-refractivity contribution in [1.82, 2.24) is 0 Å². The minimum absolute atomic E-state index is 0.0247. The number of nitriles is 1. The predicted octanol–water partition coefficient (Wildman–Crippen LogP) is 3.38. The first-order valence-corrected chi connectivity index (χ1v) is 5.98. The van der Waals surface area contributed by atoms with Crippen molar-refractivity contribution in [3.8, 4) is 6.07 Å². The third-order valence-electron chi connectivity index (χ3n) is 2.46. The Balaban J connectivity index is 2.04. The van der Waals surface area contributed by atoms with E-state index >= 15 is 0 Å². The van der Waals surface area contributed by atoms with Crippen LogP contribution in [0.3, 0.4) is 0 Å². The average Bonchev–Trinajstić information content (AvgIpc) is 2.98. The normalized spacial score (nSPS) is 11.2. The van der Waals surface area contributed by atoms with Gasteiger partial charge in [-0.2, -0.15) is 5.26 Å². The summed E-state index contributed by atoms with van der Waals surface area (Å²) in [6, 6.07) is 14.4. The first-order chi connectivity index (χ1) is 9.79. The topological polar surface area (TPSA) is 66.0 Å². The number of carbonyl (C=O) groups excluding carboxylic acids is 1. The summed E-state index contributed by atoms with van der Waals surface area (Å²) >= 11 is 0. The maximum absolute atomic E-state index is 11.9. The largest absolute Gasteiger partial charge is 0.465 e. The first-order valence-electron chi connectivity index (χ1n) is 5.98. The fourth-order valence-electron chi connectivity index (χ4n) is 1.51. The number of rotatable bonds is 4. The second-order valence-corrected chi connectivity index (χ2v) is 3.89. The standard InChI is InChI=1S/C16H12N2O2/c17-12-13(6-4-9-15-10-5-11-20-15)16(19)18-14-7-2-1-3-8-14/h1-11H,(H,18,19)/b9-4+,13-6-. The van der Waals surface area contributed by atoms with E-state index in [1.165, 1.54) is 6.08 Å². The molecule has 0 aliphatic carbocycles. The van der Waals surface area contributed by atoms with Crippen LogP contribution in [0, 0.1) is 11.3 Å². The number of furan rings is 1. The van der Waals surface area contributed by atoms with Gasteiger partial charge in [-0.3, -0.25) is 4.79 Å². The van der Waals surface area contributed by atoms with Gasteiger partial charge >= 0.3 is 0 Å². The predicted molar refractivity (Wildman–Crippen MR) is 76.5 cm³/mol. The molecule has 0 spiro atoms. The Morgan fingerprint density at radius 3 is 2.65 bits per heavy atom. The van der Waals surface area contributed by atoms with Crippen molar-refractivity contribution in [1.29, 1.82) is 5.26 Å². The molecule has 1 heterocycles. The fraction of sp³-hybridized carbons (Fsp3) is 0. The second kappa shape index (κ2) is 6.76. The monoisotopic (exact) mass is 264 g/mol. The van der Waals surface area contributed by atoms with Crippen molar-refractivity contribution in [2.45, 2.75) is 0 Å². The minimum atomic E-state index is -0.442. The molecule has 1 amide bonds. The van der Waals surface area contributed by atoms with Crippen LogP contribution in [-0.2, 0) is 4.79 Å². The van der Waals surface area contributed by atoms with Crippen LogP contribution in [-0.4, -0.2) is 5.91 Å². The van der Waals surface area contributed by atoms with Gasteiger partial charge in [0.2, 0.25) is 0 Å². The zero-order valence-corrected chi connectivity index (χ0v) is 10.6. The maximum atomic E-state index is 11.9. The molecule has 0 saturated carbocycles. The van der Waals surface area contributed by atoms with Crippen molar-refractivity contribution in [2.75, 3.05) is 5.32 Å². The number of amides is 1. The van der Waals surface area contributed by atoms with Crippen LogP contribution in [0.1, 0.15) is 5.76 Å². The first kappa shape index (κ1) is 13.4. The van der Waals surface area contributed by atoms with E-state index in [4.69, 9.17) is 9.68 Å². The molecule has 0 fully saturated rings. The smallest absolute Gasteiger partial charge is 0.266 e. The number of hydrogen-bond donors (Lipinski definition) is 1. The van der Waals surface area contributed by atoms with E-state index in [2.05, 4.69) is 5.32 Å². The van der Waals surface area contributed by atoms with Crippen molar-refractivity contribution in [3.63, 3.8) is 0 Å². The van der Waals surface area contributed by atoms with Crippen LogP contribution in [0.2, 0.25) is 0 Å². The Bertz CT molecular complexity index is 662. The molecule has 0 aliphatic heterocycles. The number of hydrogen-bond acceptors (Lipinski definition) is 3. The summed E-state index contributed by atoms with van der Waals surface area (Å²) < 4.78 is 5.11. The maximum Gasteiger partial charge on any atom is 0.266 e. The summed E-state index contributed by atoms with van der Waals surface area (Å²) in [5, 5.41) is 11.6. The van der Waals surface area contributed by atoms with E-state index in [-0.39, 0.29) is 5.57 Å². The summed E-state index contributed by atoms with van der Waals surface area (Å²) in [5.41, 5.74) is 0.672. The molecule has 0 saturated heterocycles. The molecule has 0 radical (unpaired) electrons. The van der Waals surface area contributed by atoms with Gasteiger partial charge in [0.1, 0.15) is 17.4 Å². The van der Waals surface area contributed by atoms with Gasteiger partial charge in [0.05, 0.1) is 6.26 Å². The minimum Gasteiger partial charge on any atom is -0.465 e. The van der Waals surface area contributed by atoms with Gasteiger partial charge in [-0.15, -0.1) is 0 Å². The molecule has 0 unspecified atom stereocenters. The Morgan fingerprint density at radius 1 is 1.20 bits per heavy atom. The highest BCUT2D eigenvalue weighted by molar-refractivity contribution is 6.06. The second-order valence-electron chi connectivity index (χ2n) is 3.89. The van der Waals surface area contributed by atoms with Crippen LogP contribution in [0.25, 0.3) is 6.08 Å². The third kappa shape index (κ3) is 3.72. The fourth-order valence-corrected chi connectivity index (χ4v) is 1.51. The van der Waals surface area contributed by atoms with Crippen LogP contribution in [0.5, 0.6) is 0 Å². The Kier molecular flexibility index (Phi) is 4.52. The highest BCUT2D eigenvalue weighted by Crippen LogP contribution is 2.08. The lowest BCUT2D eigenvalue weighted by molar-refractivity contribution is -0.112. The van der Waals surface area contributed by atoms with Gasteiger partial charge in [-0.05, 0) is 36.4 Å². The molecule has 20 heavy (non-hydrogen) atoms. The zero-order chi connectivity index (χ0) is 14.2. The van der Waals surface area contributed by atoms with Gasteiger partial charge in [-0.1, -0.05) is 24.3 Å². The summed E-state index contributed by atoms with van der Waals surface area (Å²) in [7, 11) is 0. The lowest BCUT2D eigenvalue weighted by Crippen LogP contribution is -2.13. The number of allylic oxidation sites excluding steroid dienone is 2. The Morgan fingerprint density at radius 2 is 2.00 bits per heavy atom. The molecule has 1 aromatic carbocycles. The van der Waals surface area contributed by atoms with E-state index in [0.717, 1.165) is 0 Å². The zero-order valence-electron chi connectivity index (χ0n) is 10.6. The van der Waals surface area contributed by atoms with Gasteiger partial charge in [-0.25, -0.2) is 0 Å². The lowest BCUT2D eigenvalue weighted by Gasteiger charge is -2.02. The molecular formula is C16H12N2O2. The lowest BCUT2D eigenvalue weighted by atomic mass is 10.2. The van der Waals surface area contributed by atoms with Gasteiger partial charge in [0.15, 0.2) is 0 Å². The number of nitrogens with zero attached hydrogens (tertiary/aromatic N) is 1. The summed E-state index contributed by atoms with van der Waals surface area (Å²) in [5.74, 6) is 0.213. The summed E-state index contributed by atoms with van der Waals surface area (Å²) in [6.07, 6.45) is 6.27. The summed E-state index contributed by atoms with van der Waals surface area (Å²) in [4.78, 5) is 11.9. The van der Waals surface area contributed by atoms with Crippen LogP contribution >= 0.6 is 0 Å². The van der Waals surface area contributed by atoms with Crippen molar-refractivity contribution in [2.24, 2.45) is 0 Å². The Labute approximate surface area is 116 Å². The molecule has 1 aromatic heterocycles. The number of para-hydroxylation sites is 1. The van der Waals surface area contributed by atoms with Crippen molar-refractivity contribution < 1.29 is 9.21 Å². The number of nitrogens with one attached hydrogen (secondary N) is 1. The Hall–Kier alpha value is -3.06. The molecule has 0 bridgehead atoms. The molecule has 2 rings (SSSR count). The highest BCUT2D eigenvalue weighted by atomic mass is 16.3. The molecular weight excluding hydrogens is 252 g/mol. The van der Waals surface area contributed by atoms with Crippen LogP contribution < -0.4 is 5.32 Å². The SMILES string of the molecule is N#C/C(=C/C=C/c1ccco1)C(=O)Nc1ccccc1. The van der Waals surface area contributed by atoms with E-state index in [1.807, 2.05) is 24.3 Å². The van der Waals surface area contributed by atoms with Crippen molar-refractivity contribution in [3.05, 3.63) is 72.2 Å². The molecule has 2 aromatic rings. The van der Waals surface area contributed by atoms with E-state index in [9.17, 15) is 4.79 Å². The third-order valence-corrected chi connectivity index (χ3v) is 2.46. The quantitative estimate of drug-likeness (QED) is 0.523. The van der Waals surface area contributed by atoms with Crippen molar-refractivity contribution >= 4 is 17.7 Å². The van der Waals surface area contributed by atoms with E-state index < -0.39 is 5.91 Å². The van der Waals surface area contributed by atoms with Gasteiger partial charge < -0.3 is 9.73 Å². The molecule has 98 valence electrons. The number of anilines is 1. The highest BCUT2D eigenvalue weighted by Gasteiger charge is 2.07. The van der Waals surface area contributed by atoms with Gasteiger partial charge in [0, 0.05) is 5.69 Å². The van der Waals surface area contributed by atoms with Gasteiger partial charge in [0.25, 0.3) is 5.91 Å². The molecule has 0 atom stereocenters. The molecule has 4 heteroatoms. The molecule has 1 N–H and O–H groups in total. The average molecular weight is 264 g/mol. The molecule has 0 aliphatic rings.